The molecule has 1 aliphatic carbocycles. The number of nitrogens with zero attached hydrogens (tertiary/aromatic N) is 6. The first kappa shape index (κ1) is 27.4. The highest BCUT2D eigenvalue weighted by Gasteiger charge is 2.28. The molecule has 0 N–H and O–H groups in total. The zero-order valence-electron chi connectivity index (χ0n) is 23.1. The van der Waals surface area contributed by atoms with Gasteiger partial charge in [0.25, 0.3) is 5.56 Å². The molecule has 11 heteroatoms. The van der Waals surface area contributed by atoms with E-state index in [9.17, 15) is 14.0 Å². The predicted molar refractivity (Wildman–Crippen MR) is 150 cm³/mol. The largest absolute Gasteiger partial charge is 0.510 e. The Kier molecular flexibility index (Phi) is 8.18. The van der Waals surface area contributed by atoms with Crippen LogP contribution in [0.15, 0.2) is 41.3 Å². The number of hydrogen-bond donors (Lipinski definition) is 0. The van der Waals surface area contributed by atoms with Crippen molar-refractivity contribution in [2.75, 3.05) is 29.9 Å². The molecule has 2 aliphatic rings. The summed E-state index contributed by atoms with van der Waals surface area (Å²) in [5.74, 6) is 1.10. The van der Waals surface area contributed by atoms with Crippen molar-refractivity contribution in [3.63, 3.8) is 0 Å². The molecule has 1 saturated heterocycles. The first-order valence-corrected chi connectivity index (χ1v) is 13.7. The molecule has 3 aromatic rings. The quantitative estimate of drug-likeness (QED) is 0.395. The number of carbonyl (C=O) groups is 1. The number of hydrogen-bond acceptors (Lipinski definition) is 8. The molecule has 2 aromatic heterocycles. The van der Waals surface area contributed by atoms with Crippen LogP contribution in [-0.2, 0) is 22.7 Å². The topological polar surface area (TPSA) is 94.7 Å². The molecule has 1 aromatic carbocycles. The number of imidazole rings is 1. The Hall–Kier alpha value is -4.15. The summed E-state index contributed by atoms with van der Waals surface area (Å²) >= 11 is 0. The zero-order valence-corrected chi connectivity index (χ0v) is 23.1. The van der Waals surface area contributed by atoms with Crippen LogP contribution >= 0.6 is 0 Å². The predicted octanol–water partition coefficient (Wildman–Crippen LogP) is 2.61. The number of ether oxygens (including phenoxy) is 2. The highest BCUT2D eigenvalue weighted by Crippen LogP contribution is 2.23. The normalized spacial score (nSPS) is 15.3. The van der Waals surface area contributed by atoms with E-state index in [1.165, 1.54) is 29.0 Å². The van der Waals surface area contributed by atoms with E-state index in [4.69, 9.17) is 14.5 Å². The van der Waals surface area contributed by atoms with Crippen molar-refractivity contribution in [3.05, 3.63) is 69.0 Å². The van der Waals surface area contributed by atoms with E-state index in [2.05, 4.69) is 26.6 Å². The van der Waals surface area contributed by atoms with E-state index >= 15 is 0 Å². The van der Waals surface area contributed by atoms with Crippen LogP contribution in [0.2, 0.25) is 0 Å². The third kappa shape index (κ3) is 6.03. The molecule has 1 aliphatic heterocycles. The van der Waals surface area contributed by atoms with Crippen molar-refractivity contribution in [2.45, 2.75) is 65.0 Å². The van der Waals surface area contributed by atoms with Gasteiger partial charge < -0.3 is 23.8 Å². The minimum absolute atomic E-state index is 0.118. The lowest BCUT2D eigenvalue weighted by Gasteiger charge is -2.38. The molecule has 0 bridgehead atoms. The molecular formula is C29H35FN6O4. The molecule has 0 amide bonds. The van der Waals surface area contributed by atoms with Crippen LogP contribution in [0.5, 0.6) is 0 Å². The van der Waals surface area contributed by atoms with Gasteiger partial charge in [-0.1, -0.05) is 24.3 Å². The smallest absolute Gasteiger partial charge is 0.432 e. The van der Waals surface area contributed by atoms with Crippen molar-refractivity contribution >= 4 is 30.2 Å². The third-order valence-electron chi connectivity index (χ3n) is 7.28. The highest BCUT2D eigenvalue weighted by atomic mass is 19.1. The molecule has 0 radical (unpaired) electrons. The van der Waals surface area contributed by atoms with Gasteiger partial charge in [-0.05, 0) is 57.2 Å². The Morgan fingerprint density at radius 2 is 1.82 bits per heavy atom. The SMILES string of the molecule is CC(C)OC(=O)OCn1c(N(C)C2CCN(c3nc4c(n3Cc3ccc(F)cc3)=CCCC=4)CC2)nccc1=O. The van der Waals surface area contributed by atoms with Crippen LogP contribution in [0.1, 0.15) is 45.1 Å². The molecular weight excluding hydrogens is 515 g/mol. The molecule has 1 fully saturated rings. The fourth-order valence-corrected chi connectivity index (χ4v) is 5.24. The number of aromatic nitrogens is 4. The molecule has 40 heavy (non-hydrogen) atoms. The van der Waals surface area contributed by atoms with Gasteiger partial charge in [0.05, 0.1) is 23.3 Å². The summed E-state index contributed by atoms with van der Waals surface area (Å²) in [6, 6.07) is 8.08. The number of piperidine rings is 1. The van der Waals surface area contributed by atoms with Crippen molar-refractivity contribution in [1.82, 2.24) is 19.1 Å². The Labute approximate surface area is 232 Å². The van der Waals surface area contributed by atoms with Gasteiger partial charge in [0.1, 0.15) is 5.82 Å². The van der Waals surface area contributed by atoms with E-state index in [0.717, 1.165) is 61.0 Å². The lowest BCUT2D eigenvalue weighted by atomic mass is 10.0. The van der Waals surface area contributed by atoms with Crippen molar-refractivity contribution in [1.29, 1.82) is 0 Å². The number of anilines is 2. The summed E-state index contributed by atoms with van der Waals surface area (Å²) in [4.78, 5) is 38.2. The Bertz CT molecular complexity index is 1520. The summed E-state index contributed by atoms with van der Waals surface area (Å²) < 4.78 is 27.3. The second-order valence-electron chi connectivity index (χ2n) is 10.4. The first-order valence-electron chi connectivity index (χ1n) is 13.7. The van der Waals surface area contributed by atoms with Crippen LogP contribution in [-0.4, -0.2) is 57.5 Å². The van der Waals surface area contributed by atoms with Crippen LogP contribution in [0.4, 0.5) is 21.1 Å². The number of fused-ring (bicyclic) bond motifs is 1. The Morgan fingerprint density at radius 1 is 1.10 bits per heavy atom. The van der Waals surface area contributed by atoms with Gasteiger partial charge in [0.15, 0.2) is 6.73 Å². The molecule has 0 spiro atoms. The number of benzene rings is 1. The molecule has 212 valence electrons. The molecule has 5 rings (SSSR count). The van der Waals surface area contributed by atoms with E-state index < -0.39 is 6.16 Å². The van der Waals surface area contributed by atoms with Gasteiger partial charge in [-0.2, -0.15) is 0 Å². The van der Waals surface area contributed by atoms with E-state index in [0.29, 0.717) is 12.5 Å². The van der Waals surface area contributed by atoms with Gasteiger partial charge in [0.2, 0.25) is 11.9 Å². The van der Waals surface area contributed by atoms with Crippen molar-refractivity contribution in [2.24, 2.45) is 0 Å². The number of halogens is 1. The molecule has 0 unspecified atom stereocenters. The lowest BCUT2D eigenvalue weighted by Crippen LogP contribution is -2.46. The maximum Gasteiger partial charge on any atom is 0.510 e. The summed E-state index contributed by atoms with van der Waals surface area (Å²) in [6.07, 6.45) is 8.30. The fourth-order valence-electron chi connectivity index (χ4n) is 5.24. The summed E-state index contributed by atoms with van der Waals surface area (Å²) in [5.41, 5.74) is 0.705. The van der Waals surface area contributed by atoms with E-state index in [-0.39, 0.29) is 30.3 Å². The van der Waals surface area contributed by atoms with Gasteiger partial charge in [0, 0.05) is 38.4 Å². The van der Waals surface area contributed by atoms with Gasteiger partial charge >= 0.3 is 6.16 Å². The Morgan fingerprint density at radius 3 is 2.55 bits per heavy atom. The van der Waals surface area contributed by atoms with Gasteiger partial charge in [-0.25, -0.2) is 23.7 Å². The lowest BCUT2D eigenvalue weighted by molar-refractivity contribution is 0.0154. The van der Waals surface area contributed by atoms with Gasteiger partial charge in [-0.15, -0.1) is 0 Å². The van der Waals surface area contributed by atoms with Crippen molar-refractivity contribution < 1.29 is 18.7 Å². The monoisotopic (exact) mass is 550 g/mol. The van der Waals surface area contributed by atoms with Crippen molar-refractivity contribution in [3.8, 4) is 0 Å². The van der Waals surface area contributed by atoms with Crippen LogP contribution < -0.4 is 26.1 Å². The summed E-state index contributed by atoms with van der Waals surface area (Å²) in [7, 11) is 1.91. The summed E-state index contributed by atoms with van der Waals surface area (Å²) in [5, 5.41) is 2.11. The zero-order chi connectivity index (χ0) is 28.2. The Balaban J connectivity index is 1.31. The number of carbonyl (C=O) groups excluding carboxylic acids is 1. The summed E-state index contributed by atoms with van der Waals surface area (Å²) in [6.45, 7) is 5.32. The standard InChI is InChI=1S/C29H35FN6O4/c1-20(2)40-29(38)39-19-36-26(37)12-15-31-27(36)33(3)23-13-16-34(17-14-23)28-32-24-6-4-5-7-25(24)35(28)18-21-8-10-22(30)11-9-21/h6-12,15,20,23H,4-5,13-14,16-19H2,1-3H3. The van der Waals surface area contributed by atoms with E-state index in [1.807, 2.05) is 24.1 Å². The third-order valence-corrected chi connectivity index (χ3v) is 7.28. The highest BCUT2D eigenvalue weighted by molar-refractivity contribution is 5.59. The average molecular weight is 551 g/mol. The van der Waals surface area contributed by atoms with Crippen LogP contribution in [0.25, 0.3) is 12.2 Å². The molecule has 0 saturated carbocycles. The van der Waals surface area contributed by atoms with Gasteiger partial charge in [-0.3, -0.25) is 4.79 Å². The molecule has 3 heterocycles. The first-order chi connectivity index (χ1) is 19.3. The minimum Gasteiger partial charge on any atom is -0.432 e. The second-order valence-corrected chi connectivity index (χ2v) is 10.4. The molecule has 10 nitrogen and oxygen atoms in total. The minimum atomic E-state index is -0.832. The molecule has 0 atom stereocenters. The maximum absolute atomic E-state index is 13.5. The average Bonchev–Trinajstić information content (AvgIpc) is 3.31. The second kappa shape index (κ2) is 11.9. The van der Waals surface area contributed by atoms with Crippen LogP contribution in [0.3, 0.4) is 0 Å². The maximum atomic E-state index is 13.5. The van der Waals surface area contributed by atoms with Crippen LogP contribution in [0, 0.1) is 5.82 Å². The fraction of sp³-hybridized carbons (Fsp3) is 0.448. The van der Waals surface area contributed by atoms with E-state index in [1.54, 1.807) is 13.8 Å². The number of rotatable bonds is 8.